The lowest BCUT2D eigenvalue weighted by Gasteiger charge is -2.25. The molecule has 5 aromatic carbocycles. The van der Waals surface area contributed by atoms with Crippen LogP contribution in [-0.4, -0.2) is 11.4 Å². The van der Waals surface area contributed by atoms with Crippen molar-refractivity contribution in [2.45, 2.75) is 88.9 Å². The van der Waals surface area contributed by atoms with Crippen molar-refractivity contribution in [3.05, 3.63) is 185 Å². The Morgan fingerprint density at radius 3 is 1.73 bits per heavy atom. The molecule has 6 aromatic rings. The maximum Gasteiger partial charge on any atom is 0.0633 e. The van der Waals surface area contributed by atoms with E-state index < -0.39 is 0 Å². The molecule has 0 saturated heterocycles. The Hall–Kier alpha value is -5.78. The number of allylic oxidation sites excluding steroid dienone is 5. The van der Waals surface area contributed by atoms with Crippen LogP contribution < -0.4 is 10.6 Å². The molecule has 4 N–H and O–H groups in total. The Morgan fingerprint density at radius 2 is 1.14 bits per heavy atom. The maximum atomic E-state index is 9.15. The van der Waals surface area contributed by atoms with Crippen molar-refractivity contribution in [2.75, 3.05) is 10.6 Å². The zero-order valence-electron chi connectivity index (χ0n) is 33.9. The van der Waals surface area contributed by atoms with Crippen LogP contribution in [0.1, 0.15) is 117 Å². The van der Waals surface area contributed by atoms with Gasteiger partial charge in [-0.1, -0.05) is 154 Å². The lowest BCUT2D eigenvalue weighted by molar-refractivity contribution is 0.445. The predicted octanol–water partition coefficient (Wildman–Crippen LogP) is 15.3. The van der Waals surface area contributed by atoms with E-state index in [0.29, 0.717) is 23.3 Å². The third-order valence-electron chi connectivity index (χ3n) is 12.6. The molecule has 0 radical (unpaired) electrons. The minimum atomic E-state index is 0.481. The standard InChI is InChI=1S/C54H54N4S/c55-47(39-23-11-3-12-24-39)35-50(41-27-15-5-16-28-41)57-43-33-45(38-21-9-2-10-22-38)53-46(34-43)52-44(37-19-7-1-8-20-37)31-32-49(54(52)59-53)58-51(42-29-17-6-18-30-42)36-48(56)40-25-13-4-14-26-40/h3-5,11-17,23-38,55-58H,1-2,6-10,18-22H2/b50-35-,51-36-,55-47?,56-48?. The molecule has 3 aliphatic carbocycles. The SMILES string of the molecule is N=C(/C=C(\Nc1ccc(C2CCCCC2)c2c1sc1c(C3CCCCC3)cc(N/C(=C\C(=N)c3ccccc3)c3ccccc3)cc12)C1=CCCC=C1)c1ccccc1. The van der Waals surface area contributed by atoms with Crippen LogP contribution in [0, 0.1) is 10.8 Å². The summed E-state index contributed by atoms with van der Waals surface area (Å²) in [6.07, 6.45) is 25.4. The molecule has 9 rings (SSSR count). The molecule has 1 heterocycles. The molecule has 3 aliphatic rings. The summed E-state index contributed by atoms with van der Waals surface area (Å²) in [4.78, 5) is 0. The quantitative estimate of drug-likeness (QED) is 0.0933. The fourth-order valence-corrected chi connectivity index (χ4v) is 10.9. The molecule has 0 amide bonds. The summed E-state index contributed by atoms with van der Waals surface area (Å²) in [7, 11) is 0. The molecule has 4 nitrogen and oxygen atoms in total. The summed E-state index contributed by atoms with van der Waals surface area (Å²) >= 11 is 1.97. The number of benzene rings is 5. The van der Waals surface area contributed by atoms with E-state index in [4.69, 9.17) is 10.8 Å². The summed E-state index contributed by atoms with van der Waals surface area (Å²) < 4.78 is 2.71. The number of nitrogens with one attached hydrogen (secondary N) is 4. The second-order valence-corrected chi connectivity index (χ2v) is 17.6. The topological polar surface area (TPSA) is 71.8 Å². The van der Waals surface area contributed by atoms with Crippen molar-refractivity contribution in [3.8, 4) is 0 Å². The second-order valence-electron chi connectivity index (χ2n) is 16.6. The molecule has 2 saturated carbocycles. The Balaban J connectivity index is 1.22. The zero-order chi connectivity index (χ0) is 40.0. The van der Waals surface area contributed by atoms with Crippen molar-refractivity contribution in [1.29, 1.82) is 10.8 Å². The van der Waals surface area contributed by atoms with Gasteiger partial charge in [-0.2, -0.15) is 0 Å². The highest BCUT2D eigenvalue weighted by Gasteiger charge is 2.26. The third kappa shape index (κ3) is 8.67. The smallest absolute Gasteiger partial charge is 0.0633 e. The first-order valence-electron chi connectivity index (χ1n) is 21.8. The van der Waals surface area contributed by atoms with Crippen molar-refractivity contribution in [2.24, 2.45) is 0 Å². The number of thiophene rings is 1. The van der Waals surface area contributed by atoms with Gasteiger partial charge in [0.05, 0.1) is 21.8 Å². The van der Waals surface area contributed by atoms with E-state index in [1.165, 1.54) is 95.5 Å². The highest BCUT2D eigenvalue weighted by molar-refractivity contribution is 7.26. The maximum absolute atomic E-state index is 9.15. The molecule has 296 valence electrons. The van der Waals surface area contributed by atoms with E-state index in [0.717, 1.165) is 57.9 Å². The highest BCUT2D eigenvalue weighted by Crippen LogP contribution is 2.50. The van der Waals surface area contributed by atoms with Gasteiger partial charge in [-0.3, -0.25) is 0 Å². The van der Waals surface area contributed by atoms with Crippen LogP contribution in [0.15, 0.2) is 157 Å². The summed E-state index contributed by atoms with van der Waals surface area (Å²) in [6.45, 7) is 0. The lowest BCUT2D eigenvalue weighted by Crippen LogP contribution is -2.08. The van der Waals surface area contributed by atoms with E-state index in [1.807, 2.05) is 84.2 Å². The molecule has 5 heteroatoms. The van der Waals surface area contributed by atoms with Crippen molar-refractivity contribution in [3.63, 3.8) is 0 Å². The van der Waals surface area contributed by atoms with Crippen LogP contribution in [0.25, 0.3) is 25.9 Å². The first-order chi connectivity index (χ1) is 29.1. The molecule has 59 heavy (non-hydrogen) atoms. The van der Waals surface area contributed by atoms with Crippen molar-refractivity contribution < 1.29 is 0 Å². The van der Waals surface area contributed by atoms with Gasteiger partial charge in [0.15, 0.2) is 0 Å². The average Bonchev–Trinajstić information content (AvgIpc) is 3.70. The molecule has 0 unspecified atom stereocenters. The molecular formula is C54H54N4S. The van der Waals surface area contributed by atoms with Gasteiger partial charge in [0.25, 0.3) is 0 Å². The number of rotatable bonds is 12. The third-order valence-corrected chi connectivity index (χ3v) is 13.8. The van der Waals surface area contributed by atoms with E-state index in [9.17, 15) is 0 Å². The van der Waals surface area contributed by atoms with Gasteiger partial charge in [-0.25, -0.2) is 0 Å². The molecule has 0 atom stereocenters. The fourth-order valence-electron chi connectivity index (χ4n) is 9.48. The minimum Gasteiger partial charge on any atom is -0.355 e. The summed E-state index contributed by atoms with van der Waals surface area (Å²) in [5.74, 6) is 1.03. The Kier molecular flexibility index (Phi) is 11.8. The van der Waals surface area contributed by atoms with E-state index in [-0.39, 0.29) is 0 Å². The fraction of sp³-hybridized carbons (Fsp3) is 0.259. The van der Waals surface area contributed by atoms with Crippen LogP contribution in [-0.2, 0) is 0 Å². The first kappa shape index (κ1) is 38.7. The van der Waals surface area contributed by atoms with Gasteiger partial charge in [0.1, 0.15) is 0 Å². The second kappa shape index (κ2) is 18.0. The van der Waals surface area contributed by atoms with E-state index in [1.54, 1.807) is 0 Å². The predicted molar refractivity (Wildman–Crippen MR) is 254 cm³/mol. The van der Waals surface area contributed by atoms with Crippen LogP contribution in [0.5, 0.6) is 0 Å². The molecule has 0 spiro atoms. The van der Waals surface area contributed by atoms with Gasteiger partial charge in [0, 0.05) is 32.6 Å². The highest BCUT2D eigenvalue weighted by atomic mass is 32.1. The average molecular weight is 791 g/mol. The summed E-state index contributed by atoms with van der Waals surface area (Å²) in [5, 5.41) is 28.9. The summed E-state index contributed by atoms with van der Waals surface area (Å²) in [5.41, 5.74) is 12.0. The van der Waals surface area contributed by atoms with Crippen LogP contribution in [0.3, 0.4) is 0 Å². The van der Waals surface area contributed by atoms with Gasteiger partial charge in [0.2, 0.25) is 0 Å². The van der Waals surface area contributed by atoms with Crippen molar-refractivity contribution >= 4 is 60.0 Å². The van der Waals surface area contributed by atoms with E-state index >= 15 is 0 Å². The number of hydrogen-bond donors (Lipinski definition) is 4. The first-order valence-corrected chi connectivity index (χ1v) is 22.6. The van der Waals surface area contributed by atoms with Gasteiger partial charge in [-0.15, -0.1) is 11.3 Å². The Labute approximate surface area is 353 Å². The van der Waals surface area contributed by atoms with Gasteiger partial charge in [-0.05, 0) is 114 Å². The molecule has 1 aromatic heterocycles. The van der Waals surface area contributed by atoms with Crippen LogP contribution in [0.2, 0.25) is 0 Å². The Morgan fingerprint density at radius 1 is 0.559 bits per heavy atom. The normalized spacial score (nSPS) is 16.9. The number of hydrogen-bond acceptors (Lipinski definition) is 5. The van der Waals surface area contributed by atoms with Crippen LogP contribution >= 0.6 is 11.3 Å². The van der Waals surface area contributed by atoms with Gasteiger partial charge < -0.3 is 21.5 Å². The van der Waals surface area contributed by atoms with Gasteiger partial charge >= 0.3 is 0 Å². The van der Waals surface area contributed by atoms with Crippen molar-refractivity contribution in [1.82, 2.24) is 0 Å². The molecule has 2 fully saturated rings. The largest absolute Gasteiger partial charge is 0.355 e. The zero-order valence-corrected chi connectivity index (χ0v) is 34.7. The number of fused-ring (bicyclic) bond motifs is 3. The Bertz CT molecular complexity index is 2580. The van der Waals surface area contributed by atoms with E-state index in [2.05, 4.69) is 83.5 Å². The number of anilines is 2. The minimum absolute atomic E-state index is 0.481. The molecular weight excluding hydrogens is 737 g/mol. The molecule has 0 aliphatic heterocycles. The summed E-state index contributed by atoms with van der Waals surface area (Å²) in [6, 6.07) is 40.2. The lowest BCUT2D eigenvalue weighted by atomic mass is 9.81. The monoisotopic (exact) mass is 790 g/mol. The molecule has 0 bridgehead atoms. The van der Waals surface area contributed by atoms with Crippen LogP contribution in [0.4, 0.5) is 11.4 Å².